The lowest BCUT2D eigenvalue weighted by molar-refractivity contribution is 0.404. The third kappa shape index (κ3) is 2.68. The van der Waals surface area contributed by atoms with Crippen molar-refractivity contribution in [2.24, 2.45) is 5.73 Å². The van der Waals surface area contributed by atoms with Gasteiger partial charge in [-0.05, 0) is 49.1 Å². The molecular weight excluding hydrogens is 278 g/mol. The van der Waals surface area contributed by atoms with Gasteiger partial charge in [0, 0.05) is 21.8 Å². The van der Waals surface area contributed by atoms with Crippen LogP contribution in [0, 0.1) is 13.8 Å². The fraction of sp³-hybridized carbons (Fsp3) is 0.333. The minimum Gasteiger partial charge on any atom is -0.496 e. The van der Waals surface area contributed by atoms with Gasteiger partial charge in [-0.25, -0.2) is 0 Å². The summed E-state index contributed by atoms with van der Waals surface area (Å²) in [6.45, 7) is 4.21. The van der Waals surface area contributed by atoms with E-state index in [4.69, 9.17) is 10.5 Å². The minimum atomic E-state index is -0.0158. The van der Waals surface area contributed by atoms with Crippen molar-refractivity contribution in [2.45, 2.75) is 36.5 Å². The highest BCUT2D eigenvalue weighted by atomic mass is 32.2. The zero-order valence-corrected chi connectivity index (χ0v) is 13.5. The molecule has 0 radical (unpaired) electrons. The van der Waals surface area contributed by atoms with Crippen LogP contribution in [-0.4, -0.2) is 12.4 Å². The molecule has 1 aliphatic heterocycles. The van der Waals surface area contributed by atoms with Gasteiger partial charge in [-0.15, -0.1) is 11.8 Å². The molecule has 2 nitrogen and oxygen atoms in total. The smallest absolute Gasteiger partial charge is 0.124 e. The third-order valence-corrected chi connectivity index (χ3v) is 5.53. The summed E-state index contributed by atoms with van der Waals surface area (Å²) in [7, 11) is 1.72. The molecule has 2 unspecified atom stereocenters. The summed E-state index contributed by atoms with van der Waals surface area (Å²) in [5, 5.41) is 0.373. The third-order valence-electron chi connectivity index (χ3n) is 4.12. The van der Waals surface area contributed by atoms with E-state index in [1.807, 2.05) is 11.8 Å². The molecule has 21 heavy (non-hydrogen) atoms. The van der Waals surface area contributed by atoms with Gasteiger partial charge in [-0.2, -0.15) is 0 Å². The van der Waals surface area contributed by atoms with E-state index in [0.29, 0.717) is 5.25 Å². The standard InChI is InChI=1S/C18H21NOS/c1-11-8-12(2)17(14(9-11)20-3)18(19)16-10-13-6-4-5-7-15(13)21-16/h4-9,16,18H,10,19H2,1-3H3. The Bertz CT molecular complexity index is 643. The molecular formula is C18H21NOS. The Hall–Kier alpha value is -1.45. The average molecular weight is 299 g/mol. The van der Waals surface area contributed by atoms with Crippen LogP contribution in [-0.2, 0) is 6.42 Å². The number of ether oxygens (including phenoxy) is 1. The zero-order valence-electron chi connectivity index (χ0n) is 12.7. The quantitative estimate of drug-likeness (QED) is 0.929. The number of hydrogen-bond acceptors (Lipinski definition) is 3. The van der Waals surface area contributed by atoms with Crippen molar-refractivity contribution in [3.8, 4) is 5.75 Å². The molecule has 0 saturated carbocycles. The van der Waals surface area contributed by atoms with Crippen LogP contribution in [0.3, 0.4) is 0 Å². The van der Waals surface area contributed by atoms with Gasteiger partial charge in [-0.3, -0.25) is 0 Å². The Morgan fingerprint density at radius 2 is 2.00 bits per heavy atom. The van der Waals surface area contributed by atoms with Gasteiger partial charge in [-0.1, -0.05) is 24.3 Å². The Balaban J connectivity index is 1.92. The number of hydrogen-bond donors (Lipinski definition) is 1. The van der Waals surface area contributed by atoms with E-state index in [-0.39, 0.29) is 6.04 Å². The summed E-state index contributed by atoms with van der Waals surface area (Å²) in [6.07, 6.45) is 1.03. The molecule has 1 aliphatic rings. The maximum Gasteiger partial charge on any atom is 0.124 e. The maximum atomic E-state index is 6.61. The predicted octanol–water partition coefficient (Wildman–Crippen LogP) is 4.03. The fourth-order valence-electron chi connectivity index (χ4n) is 3.13. The molecule has 0 aromatic heterocycles. The molecule has 2 atom stereocenters. The predicted molar refractivity (Wildman–Crippen MR) is 89.2 cm³/mol. The van der Waals surface area contributed by atoms with Crippen LogP contribution in [0.25, 0.3) is 0 Å². The Labute approximate surface area is 130 Å². The van der Waals surface area contributed by atoms with E-state index >= 15 is 0 Å². The highest BCUT2D eigenvalue weighted by Gasteiger charge is 2.30. The lowest BCUT2D eigenvalue weighted by atomic mass is 9.94. The normalized spacial score (nSPS) is 18.4. The average Bonchev–Trinajstić information content (AvgIpc) is 2.89. The molecule has 0 fully saturated rings. The summed E-state index contributed by atoms with van der Waals surface area (Å²) < 4.78 is 5.58. The van der Waals surface area contributed by atoms with Crippen molar-refractivity contribution in [3.05, 3.63) is 58.7 Å². The summed E-state index contributed by atoms with van der Waals surface area (Å²) in [5.74, 6) is 0.913. The van der Waals surface area contributed by atoms with Crippen molar-refractivity contribution in [1.82, 2.24) is 0 Å². The molecule has 0 spiro atoms. The summed E-state index contributed by atoms with van der Waals surface area (Å²) in [6, 6.07) is 12.8. The van der Waals surface area contributed by atoms with Gasteiger partial charge in [0.25, 0.3) is 0 Å². The van der Waals surface area contributed by atoms with E-state index in [1.165, 1.54) is 21.6 Å². The van der Waals surface area contributed by atoms with Gasteiger partial charge in [0.05, 0.1) is 7.11 Å². The molecule has 0 saturated heterocycles. The molecule has 0 aliphatic carbocycles. The topological polar surface area (TPSA) is 35.2 Å². The van der Waals surface area contributed by atoms with E-state index in [9.17, 15) is 0 Å². The monoisotopic (exact) mass is 299 g/mol. The number of benzene rings is 2. The highest BCUT2D eigenvalue weighted by Crippen LogP contribution is 2.44. The van der Waals surface area contributed by atoms with Crippen LogP contribution in [0.5, 0.6) is 5.75 Å². The first kappa shape index (κ1) is 14.5. The van der Waals surface area contributed by atoms with Gasteiger partial charge in [0.2, 0.25) is 0 Å². The lowest BCUT2D eigenvalue weighted by Gasteiger charge is -2.23. The van der Waals surface area contributed by atoms with Crippen LogP contribution in [0.15, 0.2) is 41.3 Å². The first-order chi connectivity index (χ1) is 10.1. The van der Waals surface area contributed by atoms with E-state index in [0.717, 1.165) is 17.7 Å². The van der Waals surface area contributed by atoms with E-state index < -0.39 is 0 Å². The van der Waals surface area contributed by atoms with Crippen LogP contribution in [0.2, 0.25) is 0 Å². The fourth-order valence-corrected chi connectivity index (χ4v) is 4.46. The van der Waals surface area contributed by atoms with Crippen LogP contribution in [0.1, 0.15) is 28.3 Å². The molecule has 110 valence electrons. The molecule has 2 aromatic rings. The van der Waals surface area contributed by atoms with E-state index in [1.54, 1.807) is 7.11 Å². The van der Waals surface area contributed by atoms with Gasteiger partial charge < -0.3 is 10.5 Å². The summed E-state index contributed by atoms with van der Waals surface area (Å²) in [4.78, 5) is 1.36. The Morgan fingerprint density at radius 1 is 1.24 bits per heavy atom. The largest absolute Gasteiger partial charge is 0.496 e. The maximum absolute atomic E-state index is 6.61. The Kier molecular flexibility index (Phi) is 3.96. The SMILES string of the molecule is COc1cc(C)cc(C)c1C(N)C1Cc2ccccc2S1. The Morgan fingerprint density at radius 3 is 2.71 bits per heavy atom. The molecule has 1 heterocycles. The minimum absolute atomic E-state index is 0.0158. The molecule has 3 heteroatoms. The van der Waals surface area contributed by atoms with Crippen molar-refractivity contribution >= 4 is 11.8 Å². The van der Waals surface area contributed by atoms with Crippen molar-refractivity contribution in [3.63, 3.8) is 0 Å². The van der Waals surface area contributed by atoms with Gasteiger partial charge in [0.15, 0.2) is 0 Å². The van der Waals surface area contributed by atoms with Crippen LogP contribution < -0.4 is 10.5 Å². The van der Waals surface area contributed by atoms with Crippen molar-refractivity contribution in [2.75, 3.05) is 7.11 Å². The van der Waals surface area contributed by atoms with Crippen molar-refractivity contribution < 1.29 is 4.74 Å². The highest BCUT2D eigenvalue weighted by molar-refractivity contribution is 8.00. The second-order valence-electron chi connectivity index (χ2n) is 5.69. The number of nitrogens with two attached hydrogens (primary N) is 1. The summed E-state index contributed by atoms with van der Waals surface area (Å²) in [5.41, 5.74) is 11.6. The molecule has 2 aromatic carbocycles. The molecule has 3 rings (SSSR count). The van der Waals surface area contributed by atoms with Crippen molar-refractivity contribution in [1.29, 1.82) is 0 Å². The van der Waals surface area contributed by atoms with Crippen LogP contribution in [0.4, 0.5) is 0 Å². The first-order valence-electron chi connectivity index (χ1n) is 7.25. The molecule has 0 bridgehead atoms. The van der Waals surface area contributed by atoms with Crippen LogP contribution >= 0.6 is 11.8 Å². The second-order valence-corrected chi connectivity index (χ2v) is 6.97. The van der Waals surface area contributed by atoms with Gasteiger partial charge in [0.1, 0.15) is 5.75 Å². The number of thioether (sulfide) groups is 1. The first-order valence-corrected chi connectivity index (χ1v) is 8.13. The number of fused-ring (bicyclic) bond motifs is 1. The second kappa shape index (κ2) is 5.74. The number of rotatable bonds is 3. The number of aryl methyl sites for hydroxylation is 2. The van der Waals surface area contributed by atoms with Gasteiger partial charge >= 0.3 is 0 Å². The molecule has 0 amide bonds. The summed E-state index contributed by atoms with van der Waals surface area (Å²) >= 11 is 1.89. The van der Waals surface area contributed by atoms with E-state index in [2.05, 4.69) is 50.2 Å². The molecule has 2 N–H and O–H groups in total. The lowest BCUT2D eigenvalue weighted by Crippen LogP contribution is -2.25. The zero-order chi connectivity index (χ0) is 15.0. The number of methoxy groups -OCH3 is 1.